The van der Waals surface area contributed by atoms with Crippen molar-refractivity contribution in [2.45, 2.75) is 0 Å². The van der Waals surface area contributed by atoms with Gasteiger partial charge in [-0.1, -0.05) is 11.6 Å². The topological polar surface area (TPSA) is 83.5 Å². The molecule has 5 nitrogen and oxygen atoms in total. The van der Waals surface area contributed by atoms with E-state index in [0.29, 0.717) is 27.4 Å². The third-order valence-corrected chi connectivity index (χ3v) is 3.78. The number of rotatable bonds is 4. The van der Waals surface area contributed by atoms with Gasteiger partial charge >= 0.3 is 0 Å². The molecule has 3 rings (SSSR count). The summed E-state index contributed by atoms with van der Waals surface area (Å²) in [5.41, 5.74) is 1.91. The largest absolute Gasteiger partial charge is 0.412 e. The fraction of sp³-hybridized carbons (Fsp3) is 0.0556. The van der Waals surface area contributed by atoms with Crippen molar-refractivity contribution in [3.63, 3.8) is 0 Å². The van der Waals surface area contributed by atoms with E-state index < -0.39 is 0 Å². The second-order valence-corrected chi connectivity index (χ2v) is 5.57. The van der Waals surface area contributed by atoms with E-state index in [9.17, 15) is 9.59 Å². The van der Waals surface area contributed by atoms with Gasteiger partial charge in [0.1, 0.15) is 0 Å². The zero-order valence-electron chi connectivity index (χ0n) is 13.3. The number of aryl methyl sites for hydroxylation is 1. The Labute approximate surface area is 156 Å². The lowest BCUT2D eigenvalue weighted by Crippen LogP contribution is -2.06. The molecule has 130 valence electrons. The fourth-order valence-electron chi connectivity index (χ4n) is 2.33. The zero-order chi connectivity index (χ0) is 16.4. The molecular weight excluding hydrogens is 363 g/mol. The molecule has 0 atom stereocenters. The summed E-state index contributed by atoms with van der Waals surface area (Å²) in [6, 6.07) is 11.7. The van der Waals surface area contributed by atoms with E-state index in [0.717, 1.165) is 0 Å². The van der Waals surface area contributed by atoms with Crippen molar-refractivity contribution in [3.8, 4) is 0 Å². The molecule has 0 fully saturated rings. The number of ketones is 2. The van der Waals surface area contributed by atoms with Gasteiger partial charge in [-0.2, -0.15) is 0 Å². The average Bonchev–Trinajstić information content (AvgIpc) is 2.97. The lowest BCUT2D eigenvalue weighted by molar-refractivity contribution is 0.102. The van der Waals surface area contributed by atoms with E-state index >= 15 is 0 Å². The summed E-state index contributed by atoms with van der Waals surface area (Å²) >= 11 is 5.84. The third kappa shape index (κ3) is 4.33. The van der Waals surface area contributed by atoms with E-state index in [1.807, 2.05) is 0 Å². The lowest BCUT2D eigenvalue weighted by Gasteiger charge is -2.02. The number of hydrogen-bond donors (Lipinski definition) is 0. The SMILES string of the molecule is Cl.Cn1cc(C(=O)c2cccnc2)cc1C(=O)c1ccc(Cl)cc1.O. The highest BCUT2D eigenvalue weighted by Gasteiger charge is 2.18. The van der Waals surface area contributed by atoms with Crippen molar-refractivity contribution >= 4 is 35.6 Å². The fourth-order valence-corrected chi connectivity index (χ4v) is 2.45. The molecule has 0 aliphatic rings. The molecule has 0 saturated heterocycles. The van der Waals surface area contributed by atoms with Crippen LogP contribution in [0.3, 0.4) is 0 Å². The first-order chi connectivity index (χ1) is 11.1. The molecule has 0 saturated carbocycles. The van der Waals surface area contributed by atoms with Gasteiger partial charge in [-0.3, -0.25) is 14.6 Å². The van der Waals surface area contributed by atoms with Crippen molar-refractivity contribution in [1.29, 1.82) is 0 Å². The van der Waals surface area contributed by atoms with Gasteiger partial charge in [0, 0.05) is 47.4 Å². The average molecular weight is 379 g/mol. The van der Waals surface area contributed by atoms with Crippen molar-refractivity contribution < 1.29 is 15.1 Å². The quantitative estimate of drug-likeness (QED) is 0.653. The van der Waals surface area contributed by atoms with Crippen LogP contribution in [0.2, 0.25) is 5.02 Å². The minimum atomic E-state index is -0.163. The van der Waals surface area contributed by atoms with Gasteiger partial charge in [0.25, 0.3) is 0 Å². The number of hydrogen-bond acceptors (Lipinski definition) is 3. The van der Waals surface area contributed by atoms with Gasteiger partial charge in [0.2, 0.25) is 5.78 Å². The number of pyridine rings is 1. The highest BCUT2D eigenvalue weighted by Crippen LogP contribution is 2.17. The van der Waals surface area contributed by atoms with Gasteiger partial charge in [0.05, 0.1) is 5.69 Å². The maximum atomic E-state index is 12.6. The van der Waals surface area contributed by atoms with Crippen molar-refractivity contribution in [2.75, 3.05) is 0 Å². The summed E-state index contributed by atoms with van der Waals surface area (Å²) in [4.78, 5) is 28.9. The Morgan fingerprint density at radius 2 is 1.68 bits per heavy atom. The van der Waals surface area contributed by atoms with Crippen LogP contribution in [0.15, 0.2) is 61.1 Å². The number of aromatic nitrogens is 2. The van der Waals surface area contributed by atoms with Crippen LogP contribution in [-0.4, -0.2) is 26.6 Å². The van der Waals surface area contributed by atoms with E-state index in [1.165, 1.54) is 6.20 Å². The first kappa shape index (κ1) is 20.6. The molecule has 0 spiro atoms. The standard InChI is InChI=1S/C18H13ClN2O2.ClH.H2O/c1-21-11-14(17(22)13-3-2-8-20-10-13)9-16(21)18(23)12-4-6-15(19)7-5-12;;/h2-11H,1H3;1H;1H2. The monoisotopic (exact) mass is 378 g/mol. The van der Waals surface area contributed by atoms with E-state index in [1.54, 1.807) is 66.5 Å². The summed E-state index contributed by atoms with van der Waals surface area (Å²) in [6.45, 7) is 0. The summed E-state index contributed by atoms with van der Waals surface area (Å²) in [7, 11) is 1.74. The summed E-state index contributed by atoms with van der Waals surface area (Å²) in [5.74, 6) is -0.321. The molecule has 1 aromatic carbocycles. The minimum Gasteiger partial charge on any atom is -0.412 e. The Kier molecular flexibility index (Phi) is 7.06. The molecule has 0 bridgehead atoms. The Bertz CT molecular complexity index is 875. The molecule has 7 heteroatoms. The van der Waals surface area contributed by atoms with Crippen LogP contribution in [0.1, 0.15) is 32.0 Å². The molecular formula is C18H16Cl2N2O3. The van der Waals surface area contributed by atoms with Crippen molar-refractivity contribution in [3.05, 3.63) is 88.5 Å². The Hall–Kier alpha value is -2.47. The number of carbonyl (C=O) groups is 2. The smallest absolute Gasteiger partial charge is 0.209 e. The van der Waals surface area contributed by atoms with Gasteiger partial charge < -0.3 is 10.0 Å². The van der Waals surface area contributed by atoms with Crippen molar-refractivity contribution in [1.82, 2.24) is 9.55 Å². The second-order valence-electron chi connectivity index (χ2n) is 5.13. The molecule has 0 unspecified atom stereocenters. The molecule has 0 radical (unpaired) electrons. The molecule has 0 aliphatic heterocycles. The highest BCUT2D eigenvalue weighted by atomic mass is 35.5. The van der Waals surface area contributed by atoms with Crippen molar-refractivity contribution in [2.24, 2.45) is 7.05 Å². The van der Waals surface area contributed by atoms with Gasteiger partial charge in [-0.25, -0.2) is 0 Å². The third-order valence-electron chi connectivity index (χ3n) is 3.53. The van der Waals surface area contributed by atoms with Crippen LogP contribution in [0.25, 0.3) is 0 Å². The first-order valence-electron chi connectivity index (χ1n) is 6.97. The van der Waals surface area contributed by atoms with Gasteiger partial charge in [0.15, 0.2) is 5.78 Å². The highest BCUT2D eigenvalue weighted by molar-refractivity contribution is 6.30. The zero-order valence-corrected chi connectivity index (χ0v) is 14.8. The molecule has 25 heavy (non-hydrogen) atoms. The number of nitrogens with zero attached hydrogens (tertiary/aromatic N) is 2. The summed E-state index contributed by atoms with van der Waals surface area (Å²) in [6.07, 6.45) is 4.77. The van der Waals surface area contributed by atoms with E-state index in [-0.39, 0.29) is 29.4 Å². The second kappa shape index (κ2) is 8.58. The summed E-state index contributed by atoms with van der Waals surface area (Å²) < 4.78 is 1.65. The lowest BCUT2D eigenvalue weighted by atomic mass is 10.1. The normalized spacial score (nSPS) is 9.68. The molecule has 2 heterocycles. The number of carbonyl (C=O) groups excluding carboxylic acids is 2. The van der Waals surface area contributed by atoms with E-state index in [2.05, 4.69) is 4.98 Å². The number of benzene rings is 1. The van der Waals surface area contributed by atoms with Crippen LogP contribution in [0.4, 0.5) is 0 Å². The van der Waals surface area contributed by atoms with Gasteiger partial charge in [-0.15, -0.1) is 12.4 Å². The number of halogens is 2. The van der Waals surface area contributed by atoms with Crippen LogP contribution in [-0.2, 0) is 7.05 Å². The molecule has 2 aromatic heterocycles. The molecule has 2 N–H and O–H groups in total. The van der Waals surface area contributed by atoms with Crippen LogP contribution >= 0.6 is 24.0 Å². The molecule has 0 amide bonds. The molecule has 3 aromatic rings. The maximum Gasteiger partial charge on any atom is 0.209 e. The Balaban J connectivity index is 0.00000156. The molecule has 0 aliphatic carbocycles. The van der Waals surface area contributed by atoms with Crippen LogP contribution in [0.5, 0.6) is 0 Å². The van der Waals surface area contributed by atoms with Crippen LogP contribution < -0.4 is 0 Å². The van der Waals surface area contributed by atoms with Gasteiger partial charge in [-0.05, 0) is 42.5 Å². The first-order valence-corrected chi connectivity index (χ1v) is 7.35. The van der Waals surface area contributed by atoms with Crippen LogP contribution in [0, 0.1) is 0 Å². The minimum absolute atomic E-state index is 0. The Morgan fingerprint density at radius 1 is 1.00 bits per heavy atom. The maximum absolute atomic E-state index is 12.6. The Morgan fingerprint density at radius 3 is 2.28 bits per heavy atom. The van der Waals surface area contributed by atoms with E-state index in [4.69, 9.17) is 11.6 Å². The predicted octanol–water partition coefficient (Wildman–Crippen LogP) is 3.13. The predicted molar refractivity (Wildman–Crippen MR) is 98.8 cm³/mol. The summed E-state index contributed by atoms with van der Waals surface area (Å²) in [5, 5.41) is 0.570.